The molecular weight excluding hydrogens is 368 g/mol. The maximum Gasteiger partial charge on any atom is 0.244 e. The van der Waals surface area contributed by atoms with Crippen LogP contribution in [0.3, 0.4) is 0 Å². The maximum atomic E-state index is 13.0. The Morgan fingerprint density at radius 1 is 0.962 bits per heavy atom. The second kappa shape index (κ2) is 8.09. The van der Waals surface area contributed by atoms with Gasteiger partial charge in [0, 0.05) is 31.7 Å². The molecule has 1 heterocycles. The number of benzene rings is 2. The van der Waals surface area contributed by atoms with Crippen LogP contribution in [0, 0.1) is 0 Å². The molecule has 0 spiro atoms. The van der Waals surface area contributed by atoms with Crippen LogP contribution in [0.2, 0.25) is 5.02 Å². The van der Waals surface area contributed by atoms with Gasteiger partial charge in [0.15, 0.2) is 0 Å². The molecule has 1 aliphatic heterocycles. The van der Waals surface area contributed by atoms with E-state index in [9.17, 15) is 8.42 Å². The van der Waals surface area contributed by atoms with Gasteiger partial charge in [0.05, 0.1) is 5.02 Å². The molecule has 3 rings (SSSR count). The van der Waals surface area contributed by atoms with E-state index in [2.05, 4.69) is 43.0 Å². The van der Waals surface area contributed by atoms with Gasteiger partial charge in [0.25, 0.3) is 0 Å². The lowest BCUT2D eigenvalue weighted by atomic mass is 10.1. The van der Waals surface area contributed by atoms with Crippen LogP contribution in [0.25, 0.3) is 0 Å². The third-order valence-corrected chi connectivity index (χ3v) is 7.36. The first kappa shape index (κ1) is 19.4. The summed E-state index contributed by atoms with van der Waals surface area (Å²) in [6.07, 6.45) is 0.965. The lowest BCUT2D eigenvalue weighted by Crippen LogP contribution is -2.58. The quantitative estimate of drug-likeness (QED) is 0.779. The van der Waals surface area contributed by atoms with Crippen LogP contribution in [0.15, 0.2) is 59.5 Å². The first-order chi connectivity index (χ1) is 12.4. The highest BCUT2D eigenvalue weighted by molar-refractivity contribution is 7.89. The second-order valence-corrected chi connectivity index (χ2v) is 9.24. The summed E-state index contributed by atoms with van der Waals surface area (Å²) in [6, 6.07) is 17.3. The molecule has 0 saturated carbocycles. The predicted octanol–water partition coefficient (Wildman–Crippen LogP) is 3.67. The van der Waals surface area contributed by atoms with Crippen LogP contribution >= 0.6 is 11.6 Å². The van der Waals surface area contributed by atoms with Crippen LogP contribution in [0.5, 0.6) is 0 Å². The first-order valence-electron chi connectivity index (χ1n) is 8.94. The van der Waals surface area contributed by atoms with Gasteiger partial charge in [0.2, 0.25) is 10.0 Å². The zero-order valence-corrected chi connectivity index (χ0v) is 16.7. The zero-order valence-electron chi connectivity index (χ0n) is 15.2. The number of halogens is 1. The van der Waals surface area contributed by atoms with Crippen molar-refractivity contribution in [3.05, 3.63) is 65.2 Å². The van der Waals surface area contributed by atoms with E-state index in [-0.39, 0.29) is 22.0 Å². The van der Waals surface area contributed by atoms with E-state index < -0.39 is 10.0 Å². The van der Waals surface area contributed by atoms with Crippen molar-refractivity contribution in [3.8, 4) is 0 Å². The molecule has 2 aromatic rings. The maximum absolute atomic E-state index is 13.0. The van der Waals surface area contributed by atoms with Crippen LogP contribution in [0.4, 0.5) is 0 Å². The number of rotatable bonds is 5. The Morgan fingerprint density at radius 3 is 2.15 bits per heavy atom. The molecule has 2 atom stereocenters. The Kier molecular flexibility index (Phi) is 6.03. The van der Waals surface area contributed by atoms with Crippen molar-refractivity contribution < 1.29 is 8.42 Å². The molecule has 0 amide bonds. The molecule has 1 fully saturated rings. The van der Waals surface area contributed by atoms with Crippen molar-refractivity contribution in [3.63, 3.8) is 0 Å². The van der Waals surface area contributed by atoms with Gasteiger partial charge in [-0.15, -0.1) is 0 Å². The van der Waals surface area contributed by atoms with Crippen LogP contribution in [0.1, 0.15) is 19.4 Å². The monoisotopic (exact) mass is 392 g/mol. The fourth-order valence-electron chi connectivity index (χ4n) is 3.64. The predicted molar refractivity (Wildman–Crippen MR) is 106 cm³/mol. The molecule has 1 saturated heterocycles. The largest absolute Gasteiger partial charge is 0.295 e. The Bertz CT molecular complexity index is 830. The summed E-state index contributed by atoms with van der Waals surface area (Å²) in [5.41, 5.74) is 1.30. The average molecular weight is 393 g/mol. The smallest absolute Gasteiger partial charge is 0.244 e. The van der Waals surface area contributed by atoms with Crippen molar-refractivity contribution >= 4 is 21.6 Å². The molecule has 26 heavy (non-hydrogen) atoms. The van der Waals surface area contributed by atoms with Gasteiger partial charge in [-0.1, -0.05) is 54.1 Å². The highest BCUT2D eigenvalue weighted by Crippen LogP contribution is 2.27. The number of hydrogen-bond donors (Lipinski definition) is 0. The summed E-state index contributed by atoms with van der Waals surface area (Å²) in [5.74, 6) is 0. The minimum Gasteiger partial charge on any atom is -0.295 e. The topological polar surface area (TPSA) is 40.6 Å². The SMILES string of the molecule is CC1CN(S(=O)(=O)c2ccccc2Cl)CC(C)N1CCc1ccccc1. The van der Waals surface area contributed by atoms with Crippen molar-refractivity contribution in [2.45, 2.75) is 37.2 Å². The van der Waals surface area contributed by atoms with Gasteiger partial charge in [-0.2, -0.15) is 4.31 Å². The van der Waals surface area contributed by atoms with Gasteiger partial charge in [-0.05, 0) is 38.0 Å². The standard InChI is InChI=1S/C20H25ClN2O2S/c1-16-14-22(26(24,25)20-11-7-6-10-19(20)21)15-17(2)23(16)13-12-18-8-4-3-5-9-18/h3-11,16-17H,12-15H2,1-2H3. The third kappa shape index (κ3) is 4.12. The highest BCUT2D eigenvalue weighted by atomic mass is 35.5. The molecule has 140 valence electrons. The van der Waals surface area contributed by atoms with Crippen LogP contribution in [-0.2, 0) is 16.4 Å². The van der Waals surface area contributed by atoms with Gasteiger partial charge in [-0.25, -0.2) is 8.42 Å². The lowest BCUT2D eigenvalue weighted by molar-refractivity contribution is 0.0784. The second-order valence-electron chi connectivity index (χ2n) is 6.92. The molecule has 0 aliphatic carbocycles. The molecule has 2 aromatic carbocycles. The molecule has 0 radical (unpaired) electrons. The van der Waals surface area contributed by atoms with Crippen LogP contribution in [-0.4, -0.2) is 49.3 Å². The average Bonchev–Trinajstić information content (AvgIpc) is 2.62. The van der Waals surface area contributed by atoms with E-state index in [0.29, 0.717) is 13.1 Å². The highest BCUT2D eigenvalue weighted by Gasteiger charge is 2.36. The number of sulfonamides is 1. The van der Waals surface area contributed by atoms with Crippen molar-refractivity contribution in [1.29, 1.82) is 0 Å². The molecule has 0 bridgehead atoms. The van der Waals surface area contributed by atoms with E-state index in [1.54, 1.807) is 28.6 Å². The Labute approximate surface area is 161 Å². The minimum absolute atomic E-state index is 0.153. The van der Waals surface area contributed by atoms with E-state index in [1.165, 1.54) is 5.56 Å². The van der Waals surface area contributed by atoms with Gasteiger partial charge in [-0.3, -0.25) is 4.90 Å². The summed E-state index contributed by atoms with van der Waals surface area (Å²) < 4.78 is 27.6. The molecular formula is C20H25ClN2O2S. The zero-order chi connectivity index (χ0) is 18.7. The summed E-state index contributed by atoms with van der Waals surface area (Å²) in [7, 11) is -3.57. The van der Waals surface area contributed by atoms with E-state index in [1.807, 2.05) is 6.07 Å². The molecule has 0 aromatic heterocycles. The lowest BCUT2D eigenvalue weighted by Gasteiger charge is -2.43. The summed E-state index contributed by atoms with van der Waals surface area (Å²) in [6.45, 7) is 6.07. The fraction of sp³-hybridized carbons (Fsp3) is 0.400. The summed E-state index contributed by atoms with van der Waals surface area (Å²) in [4.78, 5) is 2.59. The van der Waals surface area contributed by atoms with Crippen LogP contribution < -0.4 is 0 Å². The minimum atomic E-state index is -3.57. The fourth-order valence-corrected chi connectivity index (χ4v) is 5.74. The molecule has 1 aliphatic rings. The Morgan fingerprint density at radius 2 is 1.54 bits per heavy atom. The van der Waals surface area contributed by atoms with E-state index >= 15 is 0 Å². The first-order valence-corrected chi connectivity index (χ1v) is 10.8. The summed E-state index contributed by atoms with van der Waals surface area (Å²) >= 11 is 6.13. The van der Waals surface area contributed by atoms with E-state index in [4.69, 9.17) is 11.6 Å². The van der Waals surface area contributed by atoms with Crippen molar-refractivity contribution in [1.82, 2.24) is 9.21 Å². The molecule has 2 unspecified atom stereocenters. The number of piperazine rings is 1. The van der Waals surface area contributed by atoms with E-state index in [0.717, 1.165) is 13.0 Å². The van der Waals surface area contributed by atoms with Gasteiger partial charge < -0.3 is 0 Å². The van der Waals surface area contributed by atoms with Gasteiger partial charge >= 0.3 is 0 Å². The Hall–Kier alpha value is -1.40. The third-order valence-electron chi connectivity index (χ3n) is 5.02. The molecule has 6 heteroatoms. The number of nitrogens with zero attached hydrogens (tertiary/aromatic N) is 2. The Balaban J connectivity index is 1.71. The summed E-state index contributed by atoms with van der Waals surface area (Å²) in [5, 5.41) is 0.277. The molecule has 0 N–H and O–H groups in total. The normalized spacial score (nSPS) is 22.4. The number of hydrogen-bond acceptors (Lipinski definition) is 3. The van der Waals surface area contributed by atoms with Gasteiger partial charge in [0.1, 0.15) is 4.90 Å². The van der Waals surface area contributed by atoms with Crippen molar-refractivity contribution in [2.24, 2.45) is 0 Å². The van der Waals surface area contributed by atoms with Crippen molar-refractivity contribution in [2.75, 3.05) is 19.6 Å². The molecule has 4 nitrogen and oxygen atoms in total.